The van der Waals surface area contributed by atoms with Crippen LogP contribution in [0.3, 0.4) is 0 Å². The van der Waals surface area contributed by atoms with E-state index in [1.165, 1.54) is 17.8 Å². The molecule has 0 N–H and O–H groups in total. The number of ketones is 1. The van der Waals surface area contributed by atoms with Crippen molar-refractivity contribution >= 4 is 27.8 Å². The molecule has 0 atom stereocenters. The Bertz CT molecular complexity index is 557. The molecule has 0 aliphatic rings. The quantitative estimate of drug-likeness (QED) is 0.817. The van der Waals surface area contributed by atoms with Gasteiger partial charge in [-0.1, -0.05) is 15.9 Å². The zero-order chi connectivity index (χ0) is 12.3. The number of carbonyl (C=O) groups is 1. The Morgan fingerprint density at radius 3 is 2.71 bits per heavy atom. The van der Waals surface area contributed by atoms with Gasteiger partial charge in [0.15, 0.2) is 5.78 Å². The summed E-state index contributed by atoms with van der Waals surface area (Å²) in [4.78, 5) is 12.3. The zero-order valence-electron chi connectivity index (χ0n) is 9.17. The summed E-state index contributed by atoms with van der Waals surface area (Å²) in [7, 11) is 0. The summed E-state index contributed by atoms with van der Waals surface area (Å²) < 4.78 is 1.00. The lowest BCUT2D eigenvalue weighted by molar-refractivity contribution is -0.112. The van der Waals surface area contributed by atoms with Crippen molar-refractivity contribution in [1.29, 1.82) is 0 Å². The first-order valence-electron chi connectivity index (χ1n) is 5.02. The molecule has 2 rings (SSSR count). The van der Waals surface area contributed by atoms with Gasteiger partial charge in [-0.25, -0.2) is 0 Å². The third-order valence-corrected chi connectivity index (χ3v) is 2.58. The highest BCUT2D eigenvalue weighted by Crippen LogP contribution is 2.12. The van der Waals surface area contributed by atoms with Crippen LogP contribution in [0.1, 0.15) is 12.6 Å². The molecule has 1 aromatic heterocycles. The molecule has 5 heteroatoms. The van der Waals surface area contributed by atoms with E-state index in [1.807, 2.05) is 24.3 Å². The van der Waals surface area contributed by atoms with E-state index in [1.54, 1.807) is 12.3 Å². The maximum absolute atomic E-state index is 10.8. The van der Waals surface area contributed by atoms with Gasteiger partial charge in [-0.2, -0.15) is 9.90 Å². The first-order chi connectivity index (χ1) is 8.15. The second-order valence-corrected chi connectivity index (χ2v) is 4.39. The molecule has 17 heavy (non-hydrogen) atoms. The number of halogens is 1. The van der Waals surface area contributed by atoms with E-state index in [0.717, 1.165) is 10.2 Å². The first kappa shape index (κ1) is 11.7. The number of benzene rings is 1. The molecular weight excluding hydrogens is 282 g/mol. The van der Waals surface area contributed by atoms with E-state index in [-0.39, 0.29) is 5.78 Å². The van der Waals surface area contributed by atoms with Crippen molar-refractivity contribution in [3.05, 3.63) is 46.7 Å². The second-order valence-electron chi connectivity index (χ2n) is 3.48. The number of carbonyl (C=O) groups excluding carboxylic acids is 1. The highest BCUT2D eigenvalue weighted by Gasteiger charge is 2.00. The van der Waals surface area contributed by atoms with Gasteiger partial charge in [0, 0.05) is 4.47 Å². The molecule has 4 nitrogen and oxygen atoms in total. The lowest BCUT2D eigenvalue weighted by atomic mass is 10.3. The van der Waals surface area contributed by atoms with E-state index >= 15 is 0 Å². The predicted molar refractivity (Wildman–Crippen MR) is 68.8 cm³/mol. The van der Waals surface area contributed by atoms with Gasteiger partial charge in [0.05, 0.1) is 11.9 Å². The lowest BCUT2D eigenvalue weighted by Gasteiger charge is -1.98. The van der Waals surface area contributed by atoms with Crippen molar-refractivity contribution in [3.8, 4) is 5.69 Å². The fraction of sp³-hybridized carbons (Fsp3) is 0.0833. The number of allylic oxidation sites excluding steroid dienone is 1. The molecule has 86 valence electrons. The Labute approximate surface area is 107 Å². The summed E-state index contributed by atoms with van der Waals surface area (Å²) in [6.07, 6.45) is 4.72. The van der Waals surface area contributed by atoms with Gasteiger partial charge in [0.25, 0.3) is 0 Å². The molecule has 0 bridgehead atoms. The highest BCUT2D eigenvalue weighted by atomic mass is 79.9. The molecule has 0 aliphatic heterocycles. The minimum Gasteiger partial charge on any atom is -0.295 e. The maximum Gasteiger partial charge on any atom is 0.152 e. The summed E-state index contributed by atoms with van der Waals surface area (Å²) in [5, 5.41) is 8.36. The van der Waals surface area contributed by atoms with Crippen molar-refractivity contribution in [3.63, 3.8) is 0 Å². The summed E-state index contributed by atoms with van der Waals surface area (Å²) in [5.41, 5.74) is 1.53. The van der Waals surface area contributed by atoms with Crippen LogP contribution in [0.5, 0.6) is 0 Å². The minimum absolute atomic E-state index is 0.0109. The van der Waals surface area contributed by atoms with E-state index < -0.39 is 0 Å². The van der Waals surface area contributed by atoms with Crippen LogP contribution in [0, 0.1) is 0 Å². The van der Waals surface area contributed by atoms with Crippen molar-refractivity contribution in [2.45, 2.75) is 6.92 Å². The predicted octanol–water partition coefficient (Wildman–Crippen LogP) is 2.63. The molecule has 0 radical (unpaired) electrons. The van der Waals surface area contributed by atoms with E-state index in [0.29, 0.717) is 5.69 Å². The van der Waals surface area contributed by atoms with Crippen LogP contribution in [-0.4, -0.2) is 20.8 Å². The van der Waals surface area contributed by atoms with Crippen molar-refractivity contribution in [2.75, 3.05) is 0 Å². The largest absolute Gasteiger partial charge is 0.295 e. The van der Waals surface area contributed by atoms with E-state index in [4.69, 9.17) is 0 Å². The summed E-state index contributed by atoms with van der Waals surface area (Å²) >= 11 is 3.37. The number of hydrogen-bond acceptors (Lipinski definition) is 3. The highest BCUT2D eigenvalue weighted by molar-refractivity contribution is 9.10. The van der Waals surface area contributed by atoms with Crippen LogP contribution < -0.4 is 0 Å². The Morgan fingerprint density at radius 2 is 2.06 bits per heavy atom. The zero-order valence-corrected chi connectivity index (χ0v) is 10.8. The van der Waals surface area contributed by atoms with Gasteiger partial charge in [0.1, 0.15) is 5.69 Å². The number of aromatic nitrogens is 3. The van der Waals surface area contributed by atoms with Crippen LogP contribution in [0.4, 0.5) is 0 Å². The smallest absolute Gasteiger partial charge is 0.152 e. The van der Waals surface area contributed by atoms with Crippen molar-refractivity contribution in [1.82, 2.24) is 15.0 Å². The second kappa shape index (κ2) is 5.05. The van der Waals surface area contributed by atoms with Gasteiger partial charge < -0.3 is 0 Å². The van der Waals surface area contributed by atoms with Crippen LogP contribution in [0.25, 0.3) is 11.8 Å². The Morgan fingerprint density at radius 1 is 1.35 bits per heavy atom. The monoisotopic (exact) mass is 291 g/mol. The van der Waals surface area contributed by atoms with Crippen LogP contribution in [0.2, 0.25) is 0 Å². The molecular formula is C12H10BrN3O. The van der Waals surface area contributed by atoms with Crippen LogP contribution in [0.15, 0.2) is 41.0 Å². The molecule has 1 aromatic carbocycles. The average Bonchev–Trinajstić information content (AvgIpc) is 2.76. The maximum atomic E-state index is 10.8. The van der Waals surface area contributed by atoms with Gasteiger partial charge in [-0.3, -0.25) is 4.79 Å². The molecule has 0 saturated carbocycles. The Hall–Kier alpha value is -1.75. The minimum atomic E-state index is -0.0109. The fourth-order valence-corrected chi connectivity index (χ4v) is 1.52. The topological polar surface area (TPSA) is 47.8 Å². The fourth-order valence-electron chi connectivity index (χ4n) is 1.25. The van der Waals surface area contributed by atoms with E-state index in [9.17, 15) is 4.79 Å². The molecule has 0 fully saturated rings. The number of nitrogens with zero attached hydrogens (tertiary/aromatic N) is 3. The number of rotatable bonds is 3. The molecule has 2 aromatic rings. The Kier molecular flexibility index (Phi) is 3.49. The molecule has 1 heterocycles. The molecule has 0 amide bonds. The van der Waals surface area contributed by atoms with Gasteiger partial charge in [0.2, 0.25) is 0 Å². The molecule has 0 unspecified atom stereocenters. The molecule has 0 aliphatic carbocycles. The summed E-state index contributed by atoms with van der Waals surface area (Å²) in [6, 6.07) is 7.65. The Balaban J connectivity index is 2.23. The number of hydrogen-bond donors (Lipinski definition) is 0. The lowest BCUT2D eigenvalue weighted by Crippen LogP contribution is -1.98. The average molecular weight is 292 g/mol. The normalized spacial score (nSPS) is 10.9. The van der Waals surface area contributed by atoms with Crippen molar-refractivity contribution in [2.24, 2.45) is 0 Å². The van der Waals surface area contributed by atoms with Crippen molar-refractivity contribution < 1.29 is 4.79 Å². The van der Waals surface area contributed by atoms with Crippen LogP contribution >= 0.6 is 15.9 Å². The third-order valence-electron chi connectivity index (χ3n) is 2.06. The standard InChI is InChI=1S/C12H10BrN3O/c1-9(17)2-5-11-8-14-16(15-11)12-6-3-10(13)4-7-12/h2-8H,1H3. The van der Waals surface area contributed by atoms with Crippen LogP contribution in [-0.2, 0) is 4.79 Å². The summed E-state index contributed by atoms with van der Waals surface area (Å²) in [5.74, 6) is -0.0109. The van der Waals surface area contributed by atoms with E-state index in [2.05, 4.69) is 26.1 Å². The van der Waals surface area contributed by atoms with Gasteiger partial charge in [-0.05, 0) is 43.3 Å². The van der Waals surface area contributed by atoms with Gasteiger partial charge >= 0.3 is 0 Å². The van der Waals surface area contributed by atoms with Gasteiger partial charge in [-0.15, -0.1) is 5.10 Å². The molecule has 0 spiro atoms. The SMILES string of the molecule is CC(=O)C=Cc1cnn(-c2ccc(Br)cc2)n1. The molecule has 0 saturated heterocycles. The first-order valence-corrected chi connectivity index (χ1v) is 5.81. The third kappa shape index (κ3) is 3.10. The summed E-state index contributed by atoms with van der Waals surface area (Å²) in [6.45, 7) is 1.50.